The van der Waals surface area contributed by atoms with E-state index in [4.69, 9.17) is 10.5 Å². The first kappa shape index (κ1) is 14.3. The summed E-state index contributed by atoms with van der Waals surface area (Å²) in [5, 5.41) is 2.58. The van der Waals surface area contributed by atoms with Gasteiger partial charge in [0.15, 0.2) is 0 Å². The fourth-order valence-corrected chi connectivity index (χ4v) is 2.04. The van der Waals surface area contributed by atoms with Gasteiger partial charge in [-0.25, -0.2) is 4.39 Å². The Balaban J connectivity index is 2.23. The maximum absolute atomic E-state index is 13.6. The summed E-state index contributed by atoms with van der Waals surface area (Å²) in [5.74, 6) is -0.628. The Morgan fingerprint density at radius 3 is 2.70 bits per heavy atom. The zero-order valence-corrected chi connectivity index (χ0v) is 12.2. The number of rotatable bonds is 3. The number of benzene rings is 2. The van der Waals surface area contributed by atoms with Gasteiger partial charge in [0.25, 0.3) is 5.91 Å². The highest BCUT2D eigenvalue weighted by Crippen LogP contribution is 2.25. The van der Waals surface area contributed by atoms with Crippen molar-refractivity contribution in [3.8, 4) is 5.75 Å². The largest absolute Gasteiger partial charge is 0.495 e. The molecule has 0 heterocycles. The van der Waals surface area contributed by atoms with Crippen LogP contribution in [0.15, 0.2) is 40.9 Å². The van der Waals surface area contributed by atoms with Gasteiger partial charge in [-0.1, -0.05) is 15.9 Å². The molecule has 0 saturated carbocycles. The fraction of sp³-hybridized carbons (Fsp3) is 0.0714. The molecular formula is C14H12BrFN2O2. The number of hydrogen-bond acceptors (Lipinski definition) is 3. The average Bonchev–Trinajstić information content (AvgIpc) is 2.41. The quantitative estimate of drug-likeness (QED) is 0.842. The molecule has 1 amide bonds. The predicted octanol–water partition coefficient (Wildman–Crippen LogP) is 3.43. The number of amides is 1. The van der Waals surface area contributed by atoms with Crippen molar-refractivity contribution < 1.29 is 13.9 Å². The van der Waals surface area contributed by atoms with Crippen LogP contribution in [0.3, 0.4) is 0 Å². The van der Waals surface area contributed by atoms with Crippen LogP contribution in [0.4, 0.5) is 15.8 Å². The Morgan fingerprint density at radius 2 is 2.05 bits per heavy atom. The molecule has 0 aliphatic carbocycles. The summed E-state index contributed by atoms with van der Waals surface area (Å²) < 4.78 is 19.2. The van der Waals surface area contributed by atoms with E-state index in [1.807, 2.05) is 0 Å². The van der Waals surface area contributed by atoms with Gasteiger partial charge in [-0.15, -0.1) is 0 Å². The molecule has 0 radical (unpaired) electrons. The van der Waals surface area contributed by atoms with Gasteiger partial charge in [0.2, 0.25) is 0 Å². The van der Waals surface area contributed by atoms with Crippen LogP contribution in [0, 0.1) is 5.82 Å². The van der Waals surface area contributed by atoms with Crippen molar-refractivity contribution in [3.05, 3.63) is 52.3 Å². The second-order valence-corrected chi connectivity index (χ2v) is 4.95. The van der Waals surface area contributed by atoms with Crippen molar-refractivity contribution in [2.75, 3.05) is 18.2 Å². The van der Waals surface area contributed by atoms with Crippen LogP contribution in [0.25, 0.3) is 0 Å². The van der Waals surface area contributed by atoms with Gasteiger partial charge >= 0.3 is 0 Å². The monoisotopic (exact) mass is 338 g/mol. The van der Waals surface area contributed by atoms with Crippen LogP contribution in [-0.2, 0) is 0 Å². The van der Waals surface area contributed by atoms with Crippen molar-refractivity contribution in [3.63, 3.8) is 0 Å². The number of methoxy groups -OCH3 is 1. The summed E-state index contributed by atoms with van der Waals surface area (Å²) in [6, 6.07) is 8.97. The van der Waals surface area contributed by atoms with E-state index in [1.165, 1.54) is 25.3 Å². The van der Waals surface area contributed by atoms with Crippen LogP contribution in [-0.4, -0.2) is 13.0 Å². The summed E-state index contributed by atoms with van der Waals surface area (Å²) in [4.78, 5) is 12.0. The third kappa shape index (κ3) is 3.08. The number of ether oxygens (including phenoxy) is 1. The molecule has 2 rings (SSSR count). The number of anilines is 2. The Morgan fingerprint density at radius 1 is 1.30 bits per heavy atom. The molecule has 0 saturated heterocycles. The molecule has 4 nitrogen and oxygen atoms in total. The minimum absolute atomic E-state index is 0.0474. The lowest BCUT2D eigenvalue weighted by molar-refractivity contribution is 0.102. The van der Waals surface area contributed by atoms with Gasteiger partial charge < -0.3 is 15.8 Å². The third-order valence-electron chi connectivity index (χ3n) is 2.66. The third-order valence-corrected chi connectivity index (χ3v) is 3.15. The highest BCUT2D eigenvalue weighted by atomic mass is 79.9. The highest BCUT2D eigenvalue weighted by Gasteiger charge is 2.13. The molecule has 20 heavy (non-hydrogen) atoms. The number of carbonyl (C=O) groups excluding carboxylic acids is 1. The van der Waals surface area contributed by atoms with E-state index in [-0.39, 0.29) is 5.56 Å². The summed E-state index contributed by atoms with van der Waals surface area (Å²) in [5.41, 5.74) is 6.55. The van der Waals surface area contributed by atoms with Crippen molar-refractivity contribution in [2.24, 2.45) is 0 Å². The van der Waals surface area contributed by atoms with Crippen molar-refractivity contribution >= 4 is 33.2 Å². The fourth-order valence-electron chi connectivity index (χ4n) is 1.68. The standard InChI is InChI=1S/C14H12BrFN2O2/c1-20-13-5-3-9(7-12(13)17)18-14(19)10-6-8(15)2-4-11(10)16/h2-7H,17H2,1H3,(H,18,19). The molecule has 0 fully saturated rings. The molecule has 2 aromatic carbocycles. The van der Waals surface area contributed by atoms with Gasteiger partial charge in [-0.2, -0.15) is 0 Å². The normalized spacial score (nSPS) is 10.2. The van der Waals surface area contributed by atoms with E-state index in [0.717, 1.165) is 0 Å². The van der Waals surface area contributed by atoms with Crippen LogP contribution in [0.1, 0.15) is 10.4 Å². The average molecular weight is 339 g/mol. The topological polar surface area (TPSA) is 64.3 Å². The van der Waals surface area contributed by atoms with Crippen LogP contribution >= 0.6 is 15.9 Å². The Labute approximate surface area is 123 Å². The van der Waals surface area contributed by atoms with E-state index < -0.39 is 11.7 Å². The number of nitrogen functional groups attached to an aromatic ring is 1. The molecule has 0 aliphatic rings. The summed E-state index contributed by atoms with van der Waals surface area (Å²) in [7, 11) is 1.50. The molecule has 0 spiro atoms. The SMILES string of the molecule is COc1ccc(NC(=O)c2cc(Br)ccc2F)cc1N. The van der Waals surface area contributed by atoms with Crippen molar-refractivity contribution in [1.29, 1.82) is 0 Å². The van der Waals surface area contributed by atoms with Crippen molar-refractivity contribution in [2.45, 2.75) is 0 Å². The maximum Gasteiger partial charge on any atom is 0.258 e. The molecule has 0 aliphatic heterocycles. The molecule has 0 aromatic heterocycles. The van der Waals surface area contributed by atoms with E-state index in [0.29, 0.717) is 21.6 Å². The number of carbonyl (C=O) groups is 1. The zero-order chi connectivity index (χ0) is 14.7. The minimum Gasteiger partial charge on any atom is -0.495 e. The molecule has 0 atom stereocenters. The second kappa shape index (κ2) is 5.92. The van der Waals surface area contributed by atoms with Gasteiger partial charge in [0.05, 0.1) is 18.4 Å². The number of hydrogen-bond donors (Lipinski definition) is 2. The summed E-state index contributed by atoms with van der Waals surface area (Å²) in [6.07, 6.45) is 0. The van der Waals surface area contributed by atoms with Gasteiger partial charge in [0, 0.05) is 10.2 Å². The van der Waals surface area contributed by atoms with E-state index >= 15 is 0 Å². The highest BCUT2D eigenvalue weighted by molar-refractivity contribution is 9.10. The smallest absolute Gasteiger partial charge is 0.258 e. The first-order chi connectivity index (χ1) is 9.51. The summed E-state index contributed by atoms with van der Waals surface area (Å²) in [6.45, 7) is 0. The second-order valence-electron chi connectivity index (χ2n) is 4.04. The first-order valence-corrected chi connectivity index (χ1v) is 6.50. The van der Waals surface area contributed by atoms with Crippen molar-refractivity contribution in [1.82, 2.24) is 0 Å². The van der Waals surface area contributed by atoms with Gasteiger partial charge in [-0.3, -0.25) is 4.79 Å². The lowest BCUT2D eigenvalue weighted by Crippen LogP contribution is -2.14. The Bertz CT molecular complexity index is 662. The van der Waals surface area contributed by atoms with Crippen LogP contribution in [0.2, 0.25) is 0 Å². The zero-order valence-electron chi connectivity index (χ0n) is 10.6. The molecule has 3 N–H and O–H groups in total. The number of nitrogens with one attached hydrogen (secondary N) is 1. The van der Waals surface area contributed by atoms with Gasteiger partial charge in [-0.05, 0) is 36.4 Å². The lowest BCUT2D eigenvalue weighted by Gasteiger charge is -2.09. The maximum atomic E-state index is 13.6. The van der Waals surface area contributed by atoms with Crippen LogP contribution in [0.5, 0.6) is 5.75 Å². The minimum atomic E-state index is -0.591. The molecular weight excluding hydrogens is 327 g/mol. The number of halogens is 2. The molecule has 104 valence electrons. The molecule has 2 aromatic rings. The van der Waals surface area contributed by atoms with Crippen LogP contribution < -0.4 is 15.8 Å². The summed E-state index contributed by atoms with van der Waals surface area (Å²) >= 11 is 3.20. The predicted molar refractivity (Wildman–Crippen MR) is 79.5 cm³/mol. The molecule has 0 unspecified atom stereocenters. The van der Waals surface area contributed by atoms with E-state index in [9.17, 15) is 9.18 Å². The molecule has 6 heteroatoms. The van der Waals surface area contributed by atoms with E-state index in [2.05, 4.69) is 21.2 Å². The van der Waals surface area contributed by atoms with E-state index in [1.54, 1.807) is 18.2 Å². The molecule has 0 bridgehead atoms. The number of nitrogens with two attached hydrogens (primary N) is 1. The Hall–Kier alpha value is -2.08. The first-order valence-electron chi connectivity index (χ1n) is 5.71. The lowest BCUT2D eigenvalue weighted by atomic mass is 10.2. The Kier molecular flexibility index (Phi) is 4.24. The van der Waals surface area contributed by atoms with Gasteiger partial charge in [0.1, 0.15) is 11.6 Å².